The van der Waals surface area contributed by atoms with E-state index in [0.29, 0.717) is 5.56 Å². The van der Waals surface area contributed by atoms with Crippen LogP contribution < -0.4 is 0 Å². The molecule has 1 N–H and O–H groups in total. The summed E-state index contributed by atoms with van der Waals surface area (Å²) in [5.74, 6) is -0.160. The molecule has 2 aromatic rings. The summed E-state index contributed by atoms with van der Waals surface area (Å²) >= 11 is 0. The lowest BCUT2D eigenvalue weighted by Gasteiger charge is -2.12. The molecule has 0 saturated carbocycles. The molecular weight excluding hydrogens is 296 g/mol. The number of unbranched alkanes of at least 4 members (excludes halogenated alkanes) is 3. The van der Waals surface area contributed by atoms with Crippen molar-refractivity contribution < 1.29 is 9.90 Å². The topological polar surface area (TPSA) is 37.3 Å². The van der Waals surface area contributed by atoms with Gasteiger partial charge in [-0.25, -0.2) is 4.79 Å². The van der Waals surface area contributed by atoms with Crippen LogP contribution in [0.4, 0.5) is 0 Å². The largest absolute Gasteiger partial charge is 0.478 e. The Bertz CT molecular complexity index is 626. The highest BCUT2D eigenvalue weighted by atomic mass is 16.4. The van der Waals surface area contributed by atoms with Gasteiger partial charge in [0.15, 0.2) is 0 Å². The number of aromatic carboxylic acids is 1. The monoisotopic (exact) mass is 324 g/mol. The number of carbonyl (C=O) groups is 1. The average molecular weight is 324 g/mol. The number of carboxylic acids is 1. The van der Waals surface area contributed by atoms with Gasteiger partial charge >= 0.3 is 5.97 Å². The van der Waals surface area contributed by atoms with Crippen molar-refractivity contribution >= 4 is 5.97 Å². The van der Waals surface area contributed by atoms with Crippen LogP contribution >= 0.6 is 0 Å². The van der Waals surface area contributed by atoms with Crippen LogP contribution in [-0.2, 0) is 6.42 Å². The van der Waals surface area contributed by atoms with E-state index >= 15 is 0 Å². The zero-order valence-electron chi connectivity index (χ0n) is 14.8. The van der Waals surface area contributed by atoms with Gasteiger partial charge in [0.1, 0.15) is 0 Å². The molecular formula is C22H28O2. The minimum absolute atomic E-state index is 0.326. The van der Waals surface area contributed by atoms with E-state index in [0.717, 1.165) is 23.5 Å². The maximum Gasteiger partial charge on any atom is 0.335 e. The zero-order chi connectivity index (χ0) is 17.4. The highest BCUT2D eigenvalue weighted by molar-refractivity contribution is 5.88. The van der Waals surface area contributed by atoms with Crippen molar-refractivity contribution in [2.75, 3.05) is 0 Å². The number of hydrogen-bond acceptors (Lipinski definition) is 1. The molecule has 2 nitrogen and oxygen atoms in total. The SMILES string of the molecule is CCCCCCC(C)Cc1ccc(-c2ccc(C(=O)O)cc2)cc1. The lowest BCUT2D eigenvalue weighted by atomic mass is 9.94. The number of rotatable bonds is 9. The fraction of sp³-hybridized carbons (Fsp3) is 0.409. The Kier molecular flexibility index (Phi) is 7.05. The third-order valence-corrected chi connectivity index (χ3v) is 4.55. The van der Waals surface area contributed by atoms with Gasteiger partial charge in [-0.2, -0.15) is 0 Å². The first-order valence-electron chi connectivity index (χ1n) is 9.02. The molecule has 0 fully saturated rings. The molecule has 24 heavy (non-hydrogen) atoms. The summed E-state index contributed by atoms with van der Waals surface area (Å²) in [6.07, 6.45) is 7.77. The van der Waals surface area contributed by atoms with Crippen LogP contribution in [0.15, 0.2) is 48.5 Å². The van der Waals surface area contributed by atoms with Crippen molar-refractivity contribution in [3.05, 3.63) is 59.7 Å². The molecule has 0 saturated heterocycles. The van der Waals surface area contributed by atoms with E-state index in [9.17, 15) is 4.79 Å². The molecule has 0 amide bonds. The van der Waals surface area contributed by atoms with Crippen molar-refractivity contribution in [1.29, 1.82) is 0 Å². The second-order valence-electron chi connectivity index (χ2n) is 6.74. The van der Waals surface area contributed by atoms with Crippen molar-refractivity contribution in [2.45, 2.75) is 52.4 Å². The summed E-state index contributed by atoms with van der Waals surface area (Å²) in [4.78, 5) is 10.9. The normalized spacial score (nSPS) is 12.1. The second kappa shape index (κ2) is 9.27. The highest BCUT2D eigenvalue weighted by Gasteiger charge is 2.06. The molecule has 0 spiro atoms. The average Bonchev–Trinajstić information content (AvgIpc) is 2.59. The summed E-state index contributed by atoms with van der Waals surface area (Å²) in [6, 6.07) is 15.7. The third-order valence-electron chi connectivity index (χ3n) is 4.55. The predicted molar refractivity (Wildman–Crippen MR) is 100 cm³/mol. The Morgan fingerprint density at radius 2 is 1.50 bits per heavy atom. The van der Waals surface area contributed by atoms with E-state index in [2.05, 4.69) is 38.1 Å². The van der Waals surface area contributed by atoms with Gasteiger partial charge in [0.2, 0.25) is 0 Å². The Hall–Kier alpha value is -2.09. The van der Waals surface area contributed by atoms with Crippen LogP contribution in [0.5, 0.6) is 0 Å². The third kappa shape index (κ3) is 5.52. The van der Waals surface area contributed by atoms with Crippen molar-refractivity contribution in [1.82, 2.24) is 0 Å². The predicted octanol–water partition coefficient (Wildman–Crippen LogP) is 6.20. The smallest absolute Gasteiger partial charge is 0.335 e. The van der Waals surface area contributed by atoms with Gasteiger partial charge in [0.25, 0.3) is 0 Å². The molecule has 128 valence electrons. The molecule has 2 rings (SSSR count). The maximum atomic E-state index is 10.9. The second-order valence-corrected chi connectivity index (χ2v) is 6.74. The molecule has 2 heteroatoms. The molecule has 0 bridgehead atoms. The summed E-state index contributed by atoms with van der Waals surface area (Å²) in [5.41, 5.74) is 3.89. The summed E-state index contributed by atoms with van der Waals surface area (Å²) < 4.78 is 0. The van der Waals surface area contributed by atoms with E-state index in [-0.39, 0.29) is 0 Å². The molecule has 0 radical (unpaired) electrons. The first-order valence-corrected chi connectivity index (χ1v) is 9.02. The fourth-order valence-electron chi connectivity index (χ4n) is 3.06. The van der Waals surface area contributed by atoms with E-state index in [1.807, 2.05) is 12.1 Å². The molecule has 0 aliphatic rings. The van der Waals surface area contributed by atoms with Gasteiger partial charge in [0.05, 0.1) is 5.56 Å². The summed E-state index contributed by atoms with van der Waals surface area (Å²) in [7, 11) is 0. The van der Waals surface area contributed by atoms with Gasteiger partial charge in [-0.3, -0.25) is 0 Å². The van der Waals surface area contributed by atoms with Crippen molar-refractivity contribution in [2.24, 2.45) is 5.92 Å². The van der Waals surface area contributed by atoms with Gasteiger partial charge in [0, 0.05) is 0 Å². The van der Waals surface area contributed by atoms with E-state index in [1.165, 1.54) is 37.7 Å². The molecule has 1 atom stereocenters. The lowest BCUT2D eigenvalue weighted by molar-refractivity contribution is 0.0697. The molecule has 2 aromatic carbocycles. The molecule has 0 aromatic heterocycles. The maximum absolute atomic E-state index is 10.9. The minimum atomic E-state index is -0.884. The molecule has 1 unspecified atom stereocenters. The zero-order valence-corrected chi connectivity index (χ0v) is 14.8. The van der Waals surface area contributed by atoms with Crippen molar-refractivity contribution in [3.63, 3.8) is 0 Å². The van der Waals surface area contributed by atoms with Crippen molar-refractivity contribution in [3.8, 4) is 11.1 Å². The number of carboxylic acid groups (broad SMARTS) is 1. The van der Waals surface area contributed by atoms with Crippen LogP contribution in [0.25, 0.3) is 11.1 Å². The van der Waals surface area contributed by atoms with Gasteiger partial charge in [-0.05, 0) is 41.2 Å². The summed E-state index contributed by atoms with van der Waals surface area (Å²) in [5, 5.41) is 8.96. The van der Waals surface area contributed by atoms with Gasteiger partial charge < -0.3 is 5.11 Å². The summed E-state index contributed by atoms with van der Waals surface area (Å²) in [6.45, 7) is 4.59. The molecule has 0 aliphatic carbocycles. The van der Waals surface area contributed by atoms with Crippen LogP contribution in [0.1, 0.15) is 61.9 Å². The first-order chi connectivity index (χ1) is 11.6. The van der Waals surface area contributed by atoms with Crippen LogP contribution in [0.2, 0.25) is 0 Å². The molecule has 0 aliphatic heterocycles. The Labute approximate surface area is 145 Å². The van der Waals surface area contributed by atoms with Crippen LogP contribution in [-0.4, -0.2) is 11.1 Å². The Morgan fingerprint density at radius 1 is 0.917 bits per heavy atom. The first kappa shape index (κ1) is 18.3. The van der Waals surface area contributed by atoms with E-state index < -0.39 is 5.97 Å². The van der Waals surface area contributed by atoms with E-state index in [4.69, 9.17) is 5.11 Å². The van der Waals surface area contributed by atoms with Crippen LogP contribution in [0, 0.1) is 5.92 Å². The Balaban J connectivity index is 1.91. The standard InChI is InChI=1S/C22H28O2/c1-3-4-5-6-7-17(2)16-18-8-10-19(11-9-18)20-12-14-21(15-13-20)22(23)24/h8-15,17H,3-7,16H2,1-2H3,(H,23,24). The fourth-order valence-corrected chi connectivity index (χ4v) is 3.06. The van der Waals surface area contributed by atoms with Crippen LogP contribution in [0.3, 0.4) is 0 Å². The minimum Gasteiger partial charge on any atom is -0.478 e. The molecule has 0 heterocycles. The van der Waals surface area contributed by atoms with Gasteiger partial charge in [-0.1, -0.05) is 82.3 Å². The van der Waals surface area contributed by atoms with E-state index in [1.54, 1.807) is 12.1 Å². The number of hydrogen-bond donors (Lipinski definition) is 1. The lowest BCUT2D eigenvalue weighted by Crippen LogP contribution is -2.00. The highest BCUT2D eigenvalue weighted by Crippen LogP contribution is 2.22. The Morgan fingerprint density at radius 3 is 2.04 bits per heavy atom. The quantitative estimate of drug-likeness (QED) is 0.557. The number of benzene rings is 2. The van der Waals surface area contributed by atoms with Gasteiger partial charge in [-0.15, -0.1) is 0 Å².